The number of hydrogen-bond donors (Lipinski definition) is 0. The van der Waals surface area contributed by atoms with Gasteiger partial charge in [-0.3, -0.25) is 4.79 Å². The van der Waals surface area contributed by atoms with Crippen LogP contribution in [0, 0.1) is 25.7 Å². The van der Waals surface area contributed by atoms with E-state index >= 15 is 0 Å². The van der Waals surface area contributed by atoms with Crippen LogP contribution in [0.4, 0.5) is 0 Å². The molecule has 2 atom stereocenters. The highest BCUT2D eigenvalue weighted by molar-refractivity contribution is 8.03. The van der Waals surface area contributed by atoms with Crippen LogP contribution >= 0.6 is 11.8 Å². The lowest BCUT2D eigenvalue weighted by atomic mass is 9.94. The fraction of sp³-hybridized carbons (Fsp3) is 0.438. The molecule has 2 aliphatic carbocycles. The van der Waals surface area contributed by atoms with Crippen LogP contribution in [0.15, 0.2) is 34.1 Å². The fourth-order valence-electron chi connectivity index (χ4n) is 3.07. The maximum atomic E-state index is 11.9. The van der Waals surface area contributed by atoms with Crippen molar-refractivity contribution >= 4 is 17.5 Å². The maximum absolute atomic E-state index is 11.9. The third-order valence-corrected chi connectivity index (χ3v) is 5.69. The Morgan fingerprint density at radius 2 is 1.78 bits per heavy atom. The summed E-state index contributed by atoms with van der Waals surface area (Å²) in [6, 6.07) is 6.40. The first-order chi connectivity index (χ1) is 8.65. The molecule has 0 aliphatic heterocycles. The number of carbonyl (C=O) groups excluding carboxylic acids is 1. The highest BCUT2D eigenvalue weighted by atomic mass is 32.2. The van der Waals surface area contributed by atoms with Crippen molar-refractivity contribution in [3.8, 4) is 0 Å². The molecule has 2 heteroatoms. The Bertz CT molecular complexity index is 510. The summed E-state index contributed by atoms with van der Waals surface area (Å²) in [6.45, 7) is 4.30. The molecule has 3 rings (SSSR count). The molecular formula is C16H18OS. The first-order valence-electron chi connectivity index (χ1n) is 6.64. The van der Waals surface area contributed by atoms with Gasteiger partial charge >= 0.3 is 0 Å². The van der Waals surface area contributed by atoms with Crippen molar-refractivity contribution in [1.29, 1.82) is 0 Å². The molecule has 0 aromatic heterocycles. The van der Waals surface area contributed by atoms with E-state index in [4.69, 9.17) is 0 Å². The van der Waals surface area contributed by atoms with Gasteiger partial charge in [0.05, 0.1) is 0 Å². The van der Waals surface area contributed by atoms with Crippen LogP contribution < -0.4 is 0 Å². The number of carbonyl (C=O) groups is 1. The number of fused-ring (bicyclic) bond motifs is 2. The molecule has 2 unspecified atom stereocenters. The molecule has 2 bridgehead atoms. The van der Waals surface area contributed by atoms with E-state index in [1.165, 1.54) is 27.3 Å². The number of aryl methyl sites for hydroxylation is 2. The molecule has 94 valence electrons. The zero-order chi connectivity index (χ0) is 12.7. The second-order valence-corrected chi connectivity index (χ2v) is 6.56. The van der Waals surface area contributed by atoms with Crippen LogP contribution in [-0.2, 0) is 4.79 Å². The van der Waals surface area contributed by atoms with Crippen molar-refractivity contribution in [2.75, 3.05) is 0 Å². The topological polar surface area (TPSA) is 17.1 Å². The molecule has 2 aliphatic rings. The monoisotopic (exact) mass is 258 g/mol. The van der Waals surface area contributed by atoms with Crippen molar-refractivity contribution < 1.29 is 4.79 Å². The van der Waals surface area contributed by atoms with Crippen LogP contribution in [0.5, 0.6) is 0 Å². The molecule has 0 spiro atoms. The molecule has 18 heavy (non-hydrogen) atoms. The summed E-state index contributed by atoms with van der Waals surface area (Å²) in [5.74, 6) is 1.33. The van der Waals surface area contributed by atoms with Gasteiger partial charge in [-0.2, -0.15) is 0 Å². The molecule has 0 amide bonds. The quantitative estimate of drug-likeness (QED) is 0.787. The molecule has 0 N–H and O–H groups in total. The number of ketones is 1. The third kappa shape index (κ3) is 2.03. The van der Waals surface area contributed by atoms with Gasteiger partial charge in [0, 0.05) is 10.8 Å². The Hall–Kier alpha value is -1.02. The van der Waals surface area contributed by atoms with Crippen LogP contribution in [-0.4, -0.2) is 5.78 Å². The largest absolute Gasteiger partial charge is 0.295 e. The predicted molar refractivity (Wildman–Crippen MR) is 75.7 cm³/mol. The Morgan fingerprint density at radius 1 is 1.11 bits per heavy atom. The second kappa shape index (κ2) is 4.58. The van der Waals surface area contributed by atoms with E-state index < -0.39 is 0 Å². The molecule has 0 saturated heterocycles. The summed E-state index contributed by atoms with van der Waals surface area (Å²) >= 11 is 1.82. The zero-order valence-electron chi connectivity index (χ0n) is 10.9. The van der Waals surface area contributed by atoms with Crippen LogP contribution in [0.25, 0.3) is 0 Å². The smallest absolute Gasteiger partial charge is 0.159 e. The lowest BCUT2D eigenvalue weighted by molar-refractivity contribution is -0.118. The summed E-state index contributed by atoms with van der Waals surface area (Å²) in [5, 5.41) is 0. The maximum Gasteiger partial charge on any atom is 0.159 e. The number of thioether (sulfide) groups is 1. The average molecular weight is 258 g/mol. The minimum atomic E-state index is 0.331. The Kier molecular flexibility index (Phi) is 3.06. The van der Waals surface area contributed by atoms with Gasteiger partial charge in [-0.25, -0.2) is 0 Å². The minimum Gasteiger partial charge on any atom is -0.295 e. The molecule has 1 aromatic rings. The van der Waals surface area contributed by atoms with Gasteiger partial charge in [-0.1, -0.05) is 30.0 Å². The van der Waals surface area contributed by atoms with E-state index in [0.717, 1.165) is 12.8 Å². The molecule has 1 nitrogen and oxygen atoms in total. The number of allylic oxidation sites excluding steroid dienone is 2. The van der Waals surface area contributed by atoms with Crippen molar-refractivity contribution in [3.05, 3.63) is 40.3 Å². The van der Waals surface area contributed by atoms with Crippen LogP contribution in [0.1, 0.15) is 30.4 Å². The highest BCUT2D eigenvalue weighted by Crippen LogP contribution is 2.47. The number of rotatable bonds is 2. The molecule has 1 saturated carbocycles. The highest BCUT2D eigenvalue weighted by Gasteiger charge is 2.36. The van der Waals surface area contributed by atoms with Gasteiger partial charge in [-0.05, 0) is 61.1 Å². The van der Waals surface area contributed by atoms with Crippen molar-refractivity contribution in [3.63, 3.8) is 0 Å². The standard InChI is InChI=1S/C16H18OS/c1-10-4-3-5-11(2)16(10)18-15-9-14(17)12-6-7-13(15)8-12/h3-5,9,12-13H,6-8H2,1-2H3. The predicted octanol–water partition coefficient (Wildman–Crippen LogP) is 4.28. The second-order valence-electron chi connectivity index (χ2n) is 5.48. The lowest BCUT2D eigenvalue weighted by Gasteiger charge is -2.20. The summed E-state index contributed by atoms with van der Waals surface area (Å²) in [6.07, 6.45) is 5.29. The van der Waals surface area contributed by atoms with E-state index in [0.29, 0.717) is 17.6 Å². The lowest BCUT2D eigenvalue weighted by Crippen LogP contribution is -2.14. The molecule has 0 heterocycles. The third-order valence-electron chi connectivity index (χ3n) is 4.15. The van der Waals surface area contributed by atoms with Gasteiger partial charge in [0.15, 0.2) is 5.78 Å². The number of benzene rings is 1. The van der Waals surface area contributed by atoms with Crippen LogP contribution in [0.2, 0.25) is 0 Å². The van der Waals surface area contributed by atoms with E-state index in [1.54, 1.807) is 0 Å². The average Bonchev–Trinajstić information content (AvgIpc) is 2.76. The van der Waals surface area contributed by atoms with Gasteiger partial charge in [-0.15, -0.1) is 0 Å². The zero-order valence-corrected chi connectivity index (χ0v) is 11.7. The summed E-state index contributed by atoms with van der Waals surface area (Å²) in [7, 11) is 0. The Balaban J connectivity index is 1.91. The molecule has 0 radical (unpaired) electrons. The Labute approximate surface area is 113 Å². The van der Waals surface area contributed by atoms with E-state index in [2.05, 4.69) is 32.0 Å². The first kappa shape index (κ1) is 12.0. The van der Waals surface area contributed by atoms with Crippen molar-refractivity contribution in [1.82, 2.24) is 0 Å². The summed E-state index contributed by atoms with van der Waals surface area (Å²) in [4.78, 5) is 14.6. The summed E-state index contributed by atoms with van der Waals surface area (Å²) in [5.41, 5.74) is 2.63. The van der Waals surface area contributed by atoms with E-state index in [9.17, 15) is 4.79 Å². The van der Waals surface area contributed by atoms with Crippen LogP contribution in [0.3, 0.4) is 0 Å². The summed E-state index contributed by atoms with van der Waals surface area (Å²) < 4.78 is 0. The fourth-order valence-corrected chi connectivity index (χ4v) is 4.31. The van der Waals surface area contributed by atoms with Gasteiger partial charge in [0.2, 0.25) is 0 Å². The van der Waals surface area contributed by atoms with E-state index in [-0.39, 0.29) is 0 Å². The first-order valence-corrected chi connectivity index (χ1v) is 7.46. The van der Waals surface area contributed by atoms with Gasteiger partial charge < -0.3 is 0 Å². The molecule has 1 aromatic carbocycles. The molecular weight excluding hydrogens is 240 g/mol. The van der Waals surface area contributed by atoms with Gasteiger partial charge in [0.25, 0.3) is 0 Å². The van der Waals surface area contributed by atoms with Gasteiger partial charge in [0.1, 0.15) is 0 Å². The molecule has 1 fully saturated rings. The number of hydrogen-bond acceptors (Lipinski definition) is 2. The van der Waals surface area contributed by atoms with Crippen molar-refractivity contribution in [2.24, 2.45) is 11.8 Å². The van der Waals surface area contributed by atoms with E-state index in [1.807, 2.05) is 17.8 Å². The SMILES string of the molecule is Cc1cccc(C)c1SC1=CC(=O)C2CCC1C2. The normalized spacial score (nSPS) is 26.3. The minimum absolute atomic E-state index is 0.331. The Morgan fingerprint density at radius 3 is 2.50 bits per heavy atom. The van der Waals surface area contributed by atoms with Crippen molar-refractivity contribution in [2.45, 2.75) is 38.0 Å².